The fourth-order valence-corrected chi connectivity index (χ4v) is 4.76. The Morgan fingerprint density at radius 3 is 3.00 bits per heavy atom. The van der Waals surface area contributed by atoms with Crippen LogP contribution >= 0.6 is 11.3 Å². The van der Waals surface area contributed by atoms with Crippen molar-refractivity contribution < 1.29 is 9.59 Å². The van der Waals surface area contributed by atoms with Gasteiger partial charge in [0.1, 0.15) is 5.69 Å². The van der Waals surface area contributed by atoms with E-state index in [4.69, 9.17) is 0 Å². The van der Waals surface area contributed by atoms with Crippen LogP contribution in [0.1, 0.15) is 34.4 Å². The van der Waals surface area contributed by atoms with Crippen LogP contribution in [-0.4, -0.2) is 51.2 Å². The number of likely N-dealkylation sites (tertiary alicyclic amines) is 2. The van der Waals surface area contributed by atoms with Crippen LogP contribution in [0.15, 0.2) is 29.9 Å². The molecule has 1 spiro atoms. The standard InChI is InChI=1S/C19H22N4O2S/c1-13-9-23(17(24)16-11-26-14(2)21-16)12-19(13)5-7-22(18(19)25)10-15-4-3-6-20-8-15/h3-4,6,8,11,13H,5,7,9-10,12H2,1-2H3/t13-,19-/m1/s1. The van der Waals surface area contributed by atoms with Crippen molar-refractivity contribution in [3.63, 3.8) is 0 Å². The van der Waals surface area contributed by atoms with Gasteiger partial charge in [-0.15, -0.1) is 11.3 Å². The van der Waals surface area contributed by atoms with Crippen molar-refractivity contribution in [3.8, 4) is 0 Å². The van der Waals surface area contributed by atoms with E-state index >= 15 is 0 Å². The Kier molecular flexibility index (Phi) is 4.26. The van der Waals surface area contributed by atoms with Crippen LogP contribution in [0.2, 0.25) is 0 Å². The molecule has 136 valence electrons. The van der Waals surface area contributed by atoms with Crippen molar-refractivity contribution >= 4 is 23.2 Å². The lowest BCUT2D eigenvalue weighted by atomic mass is 9.78. The zero-order valence-electron chi connectivity index (χ0n) is 15.0. The number of rotatable bonds is 3. The minimum absolute atomic E-state index is 0.0587. The highest BCUT2D eigenvalue weighted by Gasteiger charge is 2.55. The summed E-state index contributed by atoms with van der Waals surface area (Å²) in [5.41, 5.74) is 1.08. The smallest absolute Gasteiger partial charge is 0.273 e. The molecule has 7 heteroatoms. The van der Waals surface area contributed by atoms with Crippen molar-refractivity contribution in [2.75, 3.05) is 19.6 Å². The van der Waals surface area contributed by atoms with Crippen LogP contribution in [-0.2, 0) is 11.3 Å². The molecule has 2 aliphatic heterocycles. The summed E-state index contributed by atoms with van der Waals surface area (Å²) in [6, 6.07) is 3.88. The van der Waals surface area contributed by atoms with Crippen LogP contribution in [0.4, 0.5) is 0 Å². The van der Waals surface area contributed by atoms with Crippen LogP contribution in [0, 0.1) is 18.3 Å². The van der Waals surface area contributed by atoms with E-state index in [1.807, 2.05) is 28.9 Å². The first-order valence-corrected chi connectivity index (χ1v) is 9.77. The van der Waals surface area contributed by atoms with E-state index in [2.05, 4.69) is 16.9 Å². The van der Waals surface area contributed by atoms with Crippen LogP contribution in [0.3, 0.4) is 0 Å². The summed E-state index contributed by atoms with van der Waals surface area (Å²) in [7, 11) is 0. The van der Waals surface area contributed by atoms with Gasteiger partial charge < -0.3 is 9.80 Å². The summed E-state index contributed by atoms with van der Waals surface area (Å²) in [6.07, 6.45) is 4.34. The van der Waals surface area contributed by atoms with E-state index in [0.717, 1.165) is 23.5 Å². The number of carbonyl (C=O) groups excluding carboxylic acids is 2. The van der Waals surface area contributed by atoms with Gasteiger partial charge in [-0.2, -0.15) is 0 Å². The summed E-state index contributed by atoms with van der Waals surface area (Å²) in [5.74, 6) is 0.257. The van der Waals surface area contributed by atoms with Gasteiger partial charge >= 0.3 is 0 Å². The molecule has 0 unspecified atom stereocenters. The SMILES string of the molecule is Cc1nc(C(=O)N2C[C@@H](C)[C@@]3(CCN(Cc4cccnc4)C3=O)C2)cs1. The van der Waals surface area contributed by atoms with Crippen molar-refractivity contribution in [1.82, 2.24) is 19.8 Å². The first-order valence-electron chi connectivity index (χ1n) is 8.89. The first-order chi connectivity index (χ1) is 12.5. The molecular formula is C19H22N4O2S. The van der Waals surface area contributed by atoms with Crippen molar-refractivity contribution in [1.29, 1.82) is 0 Å². The molecule has 2 aromatic heterocycles. The molecule has 0 N–H and O–H groups in total. The summed E-state index contributed by atoms with van der Waals surface area (Å²) in [5, 5.41) is 2.69. The number of hydrogen-bond donors (Lipinski definition) is 0. The average molecular weight is 370 g/mol. The third kappa shape index (κ3) is 2.80. The maximum absolute atomic E-state index is 13.2. The number of amides is 2. The van der Waals surface area contributed by atoms with Crippen molar-refractivity contribution in [2.45, 2.75) is 26.8 Å². The van der Waals surface area contributed by atoms with Crippen molar-refractivity contribution in [2.24, 2.45) is 11.3 Å². The second-order valence-corrected chi connectivity index (χ2v) is 8.39. The molecule has 2 aromatic rings. The lowest BCUT2D eigenvalue weighted by Crippen LogP contribution is -2.40. The van der Waals surface area contributed by atoms with E-state index < -0.39 is 5.41 Å². The Labute approximate surface area is 156 Å². The van der Waals surface area contributed by atoms with Crippen LogP contribution in [0.5, 0.6) is 0 Å². The lowest BCUT2D eigenvalue weighted by Gasteiger charge is -2.26. The maximum atomic E-state index is 13.2. The van der Waals surface area contributed by atoms with E-state index in [1.54, 1.807) is 17.8 Å². The Balaban J connectivity index is 1.50. The summed E-state index contributed by atoms with van der Waals surface area (Å²) < 4.78 is 0. The minimum Gasteiger partial charge on any atom is -0.338 e. The second kappa shape index (κ2) is 6.46. The van der Waals surface area contributed by atoms with Gasteiger partial charge in [0, 0.05) is 44.0 Å². The molecule has 0 aliphatic carbocycles. The largest absolute Gasteiger partial charge is 0.338 e. The average Bonchev–Trinajstić information content (AvgIpc) is 3.30. The quantitative estimate of drug-likeness (QED) is 0.832. The Hall–Kier alpha value is -2.28. The topological polar surface area (TPSA) is 66.4 Å². The molecule has 0 radical (unpaired) electrons. The number of nitrogens with zero attached hydrogens (tertiary/aromatic N) is 4. The number of pyridine rings is 1. The highest BCUT2D eigenvalue weighted by molar-refractivity contribution is 7.09. The number of hydrogen-bond acceptors (Lipinski definition) is 5. The Morgan fingerprint density at radius 1 is 1.46 bits per heavy atom. The van der Waals surface area contributed by atoms with E-state index in [-0.39, 0.29) is 17.7 Å². The summed E-state index contributed by atoms with van der Waals surface area (Å²) in [4.78, 5) is 38.1. The van der Waals surface area contributed by atoms with Gasteiger partial charge in [0.25, 0.3) is 5.91 Å². The van der Waals surface area contributed by atoms with E-state index in [9.17, 15) is 9.59 Å². The molecule has 2 atom stereocenters. The molecule has 26 heavy (non-hydrogen) atoms. The second-order valence-electron chi connectivity index (χ2n) is 7.33. The van der Waals surface area contributed by atoms with Gasteiger partial charge in [0.15, 0.2) is 0 Å². The molecule has 0 aromatic carbocycles. The third-order valence-electron chi connectivity index (χ3n) is 5.67. The molecule has 0 bridgehead atoms. The molecule has 0 saturated carbocycles. The van der Waals surface area contributed by atoms with Gasteiger partial charge in [-0.1, -0.05) is 13.0 Å². The molecule has 2 saturated heterocycles. The fraction of sp³-hybridized carbons (Fsp3) is 0.474. The predicted octanol–water partition coefficient (Wildman–Crippen LogP) is 2.36. The summed E-state index contributed by atoms with van der Waals surface area (Å²) in [6.45, 7) is 6.40. The third-order valence-corrected chi connectivity index (χ3v) is 6.45. The Morgan fingerprint density at radius 2 is 2.31 bits per heavy atom. The fourth-order valence-electron chi connectivity index (χ4n) is 4.17. The van der Waals surface area contributed by atoms with Gasteiger partial charge in [0.05, 0.1) is 10.4 Å². The zero-order chi connectivity index (χ0) is 18.3. The predicted molar refractivity (Wildman–Crippen MR) is 98.6 cm³/mol. The summed E-state index contributed by atoms with van der Waals surface area (Å²) >= 11 is 1.48. The monoisotopic (exact) mass is 370 g/mol. The van der Waals surface area contributed by atoms with Crippen LogP contribution < -0.4 is 0 Å². The van der Waals surface area contributed by atoms with Gasteiger partial charge in [-0.25, -0.2) is 4.98 Å². The molecule has 2 fully saturated rings. The highest BCUT2D eigenvalue weighted by Crippen LogP contribution is 2.45. The van der Waals surface area contributed by atoms with E-state index in [1.165, 1.54) is 11.3 Å². The molecule has 2 aliphatic rings. The molecular weight excluding hydrogens is 348 g/mol. The number of thiazole rings is 1. The first kappa shape index (κ1) is 17.1. The van der Waals surface area contributed by atoms with Gasteiger partial charge in [-0.05, 0) is 30.9 Å². The number of aryl methyl sites for hydroxylation is 1. The number of carbonyl (C=O) groups is 2. The molecule has 4 rings (SSSR count). The highest BCUT2D eigenvalue weighted by atomic mass is 32.1. The van der Waals surface area contributed by atoms with Gasteiger partial charge in [-0.3, -0.25) is 14.6 Å². The van der Waals surface area contributed by atoms with Gasteiger partial charge in [0.2, 0.25) is 5.91 Å². The molecule has 4 heterocycles. The maximum Gasteiger partial charge on any atom is 0.273 e. The molecule has 2 amide bonds. The zero-order valence-corrected chi connectivity index (χ0v) is 15.8. The van der Waals surface area contributed by atoms with Crippen molar-refractivity contribution in [3.05, 3.63) is 46.2 Å². The normalized spacial score (nSPS) is 25.5. The lowest BCUT2D eigenvalue weighted by molar-refractivity contribution is -0.137. The number of aromatic nitrogens is 2. The minimum atomic E-state index is -0.455. The van der Waals surface area contributed by atoms with E-state index in [0.29, 0.717) is 25.3 Å². The Bertz CT molecular complexity index is 837. The molecule has 6 nitrogen and oxygen atoms in total. The van der Waals surface area contributed by atoms with Crippen LogP contribution in [0.25, 0.3) is 0 Å².